The van der Waals surface area contributed by atoms with Crippen molar-refractivity contribution in [3.8, 4) is 0 Å². The van der Waals surface area contributed by atoms with Crippen LogP contribution in [0.5, 0.6) is 0 Å². The molecule has 1 heterocycles. The molecule has 0 saturated heterocycles. The Labute approximate surface area is 165 Å². The van der Waals surface area contributed by atoms with Crippen LogP contribution in [0, 0.1) is 13.8 Å². The highest BCUT2D eigenvalue weighted by molar-refractivity contribution is 14.0. The Kier molecular flexibility index (Phi) is 12.9. The number of aliphatic imine (C=N–C) groups is 1. The molecule has 0 aliphatic rings. The molecule has 0 aliphatic heterocycles. The van der Waals surface area contributed by atoms with Crippen LogP contribution in [0.15, 0.2) is 4.99 Å². The van der Waals surface area contributed by atoms with Gasteiger partial charge in [0, 0.05) is 37.4 Å². The van der Waals surface area contributed by atoms with E-state index in [1.165, 1.54) is 12.0 Å². The van der Waals surface area contributed by atoms with E-state index in [9.17, 15) is 4.79 Å². The summed E-state index contributed by atoms with van der Waals surface area (Å²) in [5, 5.41) is 7.70. The molecule has 6 nitrogen and oxygen atoms in total. The Hall–Kier alpha value is -0.900. The van der Waals surface area contributed by atoms with Gasteiger partial charge in [-0.05, 0) is 33.6 Å². The second-order valence-corrected chi connectivity index (χ2v) is 6.51. The van der Waals surface area contributed by atoms with Crippen LogP contribution in [-0.4, -0.2) is 43.7 Å². The first kappa shape index (κ1) is 23.1. The molecular weight excluding hydrogens is 439 g/mol. The number of aromatic nitrogens is 1. The van der Waals surface area contributed by atoms with Crippen molar-refractivity contribution in [2.24, 2.45) is 4.99 Å². The van der Waals surface area contributed by atoms with Crippen molar-refractivity contribution in [3.05, 3.63) is 15.6 Å². The van der Waals surface area contributed by atoms with Crippen LogP contribution in [0.25, 0.3) is 0 Å². The van der Waals surface area contributed by atoms with Gasteiger partial charge >= 0.3 is 5.97 Å². The van der Waals surface area contributed by atoms with Crippen LogP contribution in [-0.2, 0) is 16.0 Å². The summed E-state index contributed by atoms with van der Waals surface area (Å²) < 4.78 is 4.62. The van der Waals surface area contributed by atoms with E-state index in [1.807, 2.05) is 13.8 Å². The normalized spacial score (nSPS) is 10.9. The molecule has 0 radical (unpaired) electrons. The lowest BCUT2D eigenvalue weighted by Gasteiger charge is -2.10. The fraction of sp³-hybridized carbons (Fsp3) is 0.688. The van der Waals surface area contributed by atoms with Crippen molar-refractivity contribution in [1.82, 2.24) is 15.6 Å². The van der Waals surface area contributed by atoms with E-state index in [4.69, 9.17) is 0 Å². The van der Waals surface area contributed by atoms with Gasteiger partial charge in [-0.15, -0.1) is 35.3 Å². The van der Waals surface area contributed by atoms with Crippen molar-refractivity contribution in [3.63, 3.8) is 0 Å². The highest BCUT2D eigenvalue weighted by Crippen LogP contribution is 2.16. The fourth-order valence-electron chi connectivity index (χ4n) is 1.95. The topological polar surface area (TPSA) is 75.6 Å². The number of carbonyl (C=O) groups is 1. The zero-order valence-electron chi connectivity index (χ0n) is 15.0. The molecule has 0 aliphatic carbocycles. The molecule has 0 spiro atoms. The molecule has 0 amide bonds. The molecule has 24 heavy (non-hydrogen) atoms. The second kappa shape index (κ2) is 13.4. The molecule has 0 saturated carbocycles. The first-order chi connectivity index (χ1) is 11.1. The lowest BCUT2D eigenvalue weighted by molar-refractivity contribution is -0.140. The van der Waals surface area contributed by atoms with Crippen LogP contribution in [0.4, 0.5) is 0 Å². The summed E-state index contributed by atoms with van der Waals surface area (Å²) in [4.78, 5) is 21.4. The average molecular weight is 468 g/mol. The SMILES string of the molecule is CCNC(=NCCCCC(=O)OC)NCCc1nc(C)c(C)s1.I. The molecule has 0 bridgehead atoms. The Morgan fingerprint density at radius 3 is 2.62 bits per heavy atom. The number of thiazole rings is 1. The predicted molar refractivity (Wildman–Crippen MR) is 111 cm³/mol. The summed E-state index contributed by atoms with van der Waals surface area (Å²) in [6, 6.07) is 0. The Balaban J connectivity index is 0.00000529. The summed E-state index contributed by atoms with van der Waals surface area (Å²) in [6.45, 7) is 8.51. The maximum absolute atomic E-state index is 11.0. The minimum absolute atomic E-state index is 0. The third-order valence-corrected chi connectivity index (χ3v) is 4.47. The minimum atomic E-state index is -0.159. The molecule has 0 aromatic carbocycles. The molecule has 2 N–H and O–H groups in total. The highest BCUT2D eigenvalue weighted by atomic mass is 127. The molecule has 0 unspecified atom stereocenters. The van der Waals surface area contributed by atoms with Crippen LogP contribution >= 0.6 is 35.3 Å². The fourth-order valence-corrected chi connectivity index (χ4v) is 2.88. The van der Waals surface area contributed by atoms with Crippen LogP contribution in [0.2, 0.25) is 0 Å². The van der Waals surface area contributed by atoms with Gasteiger partial charge < -0.3 is 15.4 Å². The number of carbonyl (C=O) groups excluding carboxylic acids is 1. The Morgan fingerprint density at radius 2 is 2.04 bits per heavy atom. The number of ether oxygens (including phenoxy) is 1. The number of hydrogen-bond donors (Lipinski definition) is 2. The van der Waals surface area contributed by atoms with E-state index in [0.29, 0.717) is 13.0 Å². The average Bonchev–Trinajstić information content (AvgIpc) is 2.84. The van der Waals surface area contributed by atoms with Crippen molar-refractivity contribution >= 4 is 47.2 Å². The van der Waals surface area contributed by atoms with Gasteiger partial charge in [0.05, 0.1) is 17.8 Å². The third-order valence-electron chi connectivity index (χ3n) is 3.33. The molecule has 1 rings (SSSR count). The van der Waals surface area contributed by atoms with Crippen LogP contribution < -0.4 is 10.6 Å². The molecular formula is C16H29IN4O2S. The van der Waals surface area contributed by atoms with Gasteiger partial charge in [-0.3, -0.25) is 9.79 Å². The van der Waals surface area contributed by atoms with Crippen molar-refractivity contribution < 1.29 is 9.53 Å². The maximum Gasteiger partial charge on any atom is 0.305 e. The zero-order chi connectivity index (χ0) is 17.1. The standard InChI is InChI=1S/C16H28N4O2S.HI/c1-5-17-16(18-10-7-6-8-15(21)22-4)19-11-9-14-20-12(2)13(3)23-14;/h5-11H2,1-4H3,(H2,17,18,19);1H. The Morgan fingerprint density at radius 1 is 1.29 bits per heavy atom. The quantitative estimate of drug-likeness (QED) is 0.192. The minimum Gasteiger partial charge on any atom is -0.469 e. The summed E-state index contributed by atoms with van der Waals surface area (Å²) in [5.74, 6) is 0.656. The van der Waals surface area contributed by atoms with E-state index >= 15 is 0 Å². The predicted octanol–water partition coefficient (Wildman–Crippen LogP) is 2.82. The highest BCUT2D eigenvalue weighted by Gasteiger charge is 2.04. The number of esters is 1. The van der Waals surface area contributed by atoms with Crippen LogP contribution in [0.1, 0.15) is 41.8 Å². The van der Waals surface area contributed by atoms with Gasteiger partial charge in [-0.1, -0.05) is 0 Å². The molecule has 0 fully saturated rings. The number of hydrogen-bond acceptors (Lipinski definition) is 5. The number of aryl methyl sites for hydroxylation is 2. The lowest BCUT2D eigenvalue weighted by atomic mass is 10.2. The Bertz CT molecular complexity index is 501. The van der Waals surface area contributed by atoms with Gasteiger partial charge in [-0.2, -0.15) is 0 Å². The first-order valence-electron chi connectivity index (χ1n) is 8.08. The van der Waals surface area contributed by atoms with Gasteiger partial charge in [-0.25, -0.2) is 4.98 Å². The summed E-state index contributed by atoms with van der Waals surface area (Å²) in [6.07, 6.45) is 3.02. The lowest BCUT2D eigenvalue weighted by Crippen LogP contribution is -2.38. The number of unbranched alkanes of at least 4 members (excludes halogenated alkanes) is 1. The summed E-state index contributed by atoms with van der Waals surface area (Å²) in [7, 11) is 1.42. The molecule has 8 heteroatoms. The first-order valence-corrected chi connectivity index (χ1v) is 8.90. The number of methoxy groups -OCH3 is 1. The van der Waals surface area contributed by atoms with Gasteiger partial charge in [0.15, 0.2) is 5.96 Å². The number of guanidine groups is 1. The van der Waals surface area contributed by atoms with Gasteiger partial charge in [0.2, 0.25) is 0 Å². The number of halogens is 1. The maximum atomic E-state index is 11.0. The van der Waals surface area contributed by atoms with E-state index in [-0.39, 0.29) is 29.9 Å². The monoisotopic (exact) mass is 468 g/mol. The smallest absolute Gasteiger partial charge is 0.305 e. The molecule has 1 aromatic rings. The molecule has 0 atom stereocenters. The molecule has 1 aromatic heterocycles. The number of nitrogens with zero attached hydrogens (tertiary/aromatic N) is 2. The van der Waals surface area contributed by atoms with Crippen molar-refractivity contribution in [1.29, 1.82) is 0 Å². The van der Waals surface area contributed by atoms with Crippen molar-refractivity contribution in [2.75, 3.05) is 26.7 Å². The van der Waals surface area contributed by atoms with Gasteiger partial charge in [0.25, 0.3) is 0 Å². The van der Waals surface area contributed by atoms with Crippen LogP contribution in [0.3, 0.4) is 0 Å². The van der Waals surface area contributed by atoms with Gasteiger partial charge in [0.1, 0.15) is 0 Å². The summed E-state index contributed by atoms with van der Waals surface area (Å²) in [5.41, 5.74) is 1.12. The largest absolute Gasteiger partial charge is 0.469 e. The third kappa shape index (κ3) is 9.41. The second-order valence-electron chi connectivity index (χ2n) is 5.22. The number of rotatable bonds is 9. The number of nitrogens with one attached hydrogen (secondary N) is 2. The van der Waals surface area contributed by atoms with Crippen molar-refractivity contribution in [2.45, 2.75) is 46.5 Å². The van der Waals surface area contributed by atoms with E-state index < -0.39 is 0 Å². The van der Waals surface area contributed by atoms with E-state index in [0.717, 1.165) is 49.0 Å². The molecule has 138 valence electrons. The van der Waals surface area contributed by atoms with E-state index in [2.05, 4.69) is 32.3 Å². The summed E-state index contributed by atoms with van der Waals surface area (Å²) >= 11 is 1.75. The zero-order valence-corrected chi connectivity index (χ0v) is 18.1. The van der Waals surface area contributed by atoms with E-state index in [1.54, 1.807) is 11.3 Å².